The minimum absolute atomic E-state index is 0.0122. The fourth-order valence-corrected chi connectivity index (χ4v) is 4.91. The summed E-state index contributed by atoms with van der Waals surface area (Å²) in [6.45, 7) is 8.23. The molecule has 3 heterocycles. The van der Waals surface area contributed by atoms with Crippen LogP contribution >= 0.6 is 0 Å². The first-order chi connectivity index (χ1) is 21.1. The van der Waals surface area contributed by atoms with E-state index in [9.17, 15) is 9.59 Å². The van der Waals surface area contributed by atoms with E-state index in [1.165, 1.54) is 25.4 Å². The second-order valence-electron chi connectivity index (χ2n) is 10.0. The van der Waals surface area contributed by atoms with Gasteiger partial charge in [-0.3, -0.25) is 14.6 Å². The summed E-state index contributed by atoms with van der Waals surface area (Å²) in [5.74, 6) is -0.616. The highest BCUT2D eigenvalue weighted by molar-refractivity contribution is 6.05. The van der Waals surface area contributed by atoms with Crippen LogP contribution in [0, 0.1) is 19.7 Å². The monoisotopic (exact) mass is 604 g/mol. The number of anilines is 1. The molecule has 3 aromatic heterocycles. The van der Waals surface area contributed by atoms with Gasteiger partial charge < -0.3 is 28.8 Å². The highest BCUT2D eigenvalue weighted by atomic mass is 19.1. The molecule has 0 aliphatic heterocycles. The van der Waals surface area contributed by atoms with E-state index >= 15 is 4.39 Å². The number of aromatic nitrogens is 3. The third-order valence-electron chi connectivity index (χ3n) is 7.32. The Morgan fingerprint density at radius 3 is 2.43 bits per heavy atom. The number of hydrogen-bond donors (Lipinski definition) is 1. The van der Waals surface area contributed by atoms with E-state index in [4.69, 9.17) is 18.9 Å². The number of ether oxygens (including phenoxy) is 4. The van der Waals surface area contributed by atoms with Crippen molar-refractivity contribution < 1.29 is 28.1 Å². The van der Waals surface area contributed by atoms with Crippen LogP contribution in [0.4, 0.5) is 10.1 Å². The smallest absolute Gasteiger partial charge is 0.261 e. The van der Waals surface area contributed by atoms with Crippen LogP contribution in [0.2, 0.25) is 0 Å². The van der Waals surface area contributed by atoms with Crippen LogP contribution in [0.15, 0.2) is 47.4 Å². The number of pyridine rings is 3. The Morgan fingerprint density at radius 1 is 1.02 bits per heavy atom. The lowest BCUT2D eigenvalue weighted by Gasteiger charge is -2.19. The molecule has 0 aliphatic rings. The molecule has 11 heteroatoms. The Kier molecular flexibility index (Phi) is 10.3. The summed E-state index contributed by atoms with van der Waals surface area (Å²) in [5.41, 5.74) is 3.32. The first-order valence-electron chi connectivity index (χ1n) is 14.3. The molecule has 0 fully saturated rings. The van der Waals surface area contributed by atoms with E-state index in [0.717, 1.165) is 23.8 Å². The average molecular weight is 605 g/mol. The highest BCUT2D eigenvalue weighted by Crippen LogP contribution is 2.35. The number of benzene rings is 1. The van der Waals surface area contributed by atoms with Crippen LogP contribution in [-0.2, 0) is 11.8 Å². The molecule has 232 valence electrons. The van der Waals surface area contributed by atoms with Crippen molar-refractivity contribution in [2.45, 2.75) is 40.5 Å². The van der Waals surface area contributed by atoms with Crippen molar-refractivity contribution in [3.8, 4) is 23.1 Å². The number of halogens is 1. The van der Waals surface area contributed by atoms with Crippen molar-refractivity contribution in [1.29, 1.82) is 0 Å². The highest BCUT2D eigenvalue weighted by Gasteiger charge is 2.23. The van der Waals surface area contributed by atoms with Gasteiger partial charge >= 0.3 is 0 Å². The second-order valence-corrected chi connectivity index (χ2v) is 10.0. The Hall–Kier alpha value is -4.77. The lowest BCUT2D eigenvalue weighted by Crippen LogP contribution is -2.29. The summed E-state index contributed by atoms with van der Waals surface area (Å²) in [6.07, 6.45) is 4.93. The third kappa shape index (κ3) is 6.57. The standard InChI is InChI=1S/C33H37FN4O6/c1-8-10-21(9-2)28-19(3)38(5)20(4)29(31(28)39)32(40)36-22-11-12-25(23(34)17-22)44-26-13-14-35-24-18-27(43-16-15-41-6)33(42-7)37-30(24)26/h10-14,17-18H,8-9,15-16H2,1-7H3,(H,36,40)/b21-10+. The molecule has 0 radical (unpaired) electrons. The normalized spacial score (nSPS) is 11.5. The van der Waals surface area contributed by atoms with Gasteiger partial charge in [0.15, 0.2) is 23.1 Å². The van der Waals surface area contributed by atoms with E-state index in [2.05, 4.69) is 15.3 Å². The largest absolute Gasteiger partial charge is 0.485 e. The van der Waals surface area contributed by atoms with Gasteiger partial charge in [0, 0.05) is 61.2 Å². The molecule has 0 spiro atoms. The van der Waals surface area contributed by atoms with Crippen LogP contribution in [0.1, 0.15) is 54.0 Å². The second kappa shape index (κ2) is 14.1. The maximum Gasteiger partial charge on any atom is 0.261 e. The molecule has 0 unspecified atom stereocenters. The number of allylic oxidation sites excluding steroid dienone is 2. The minimum Gasteiger partial charge on any atom is -0.485 e. The van der Waals surface area contributed by atoms with Gasteiger partial charge in [0.25, 0.3) is 11.8 Å². The van der Waals surface area contributed by atoms with Crippen LogP contribution in [0.5, 0.6) is 23.1 Å². The Balaban J connectivity index is 1.62. The molecule has 0 saturated heterocycles. The number of nitrogens with one attached hydrogen (secondary N) is 1. The quantitative estimate of drug-likeness (QED) is 0.186. The van der Waals surface area contributed by atoms with Crippen molar-refractivity contribution in [2.75, 3.05) is 32.8 Å². The van der Waals surface area contributed by atoms with Crippen LogP contribution in [0.3, 0.4) is 0 Å². The molecular weight excluding hydrogens is 567 g/mol. The van der Waals surface area contributed by atoms with E-state index in [1.54, 1.807) is 26.2 Å². The SMILES string of the molecule is CC/C=C(\CC)c1c(C)n(C)c(C)c(C(=O)Nc2ccc(Oc3ccnc4cc(OCCOC)c(OC)nc34)c(F)c2)c1=O. The molecular formula is C33H37FN4O6. The number of carbonyl (C=O) groups excluding carboxylic acids is 1. The van der Waals surface area contributed by atoms with E-state index in [1.807, 2.05) is 38.5 Å². The van der Waals surface area contributed by atoms with E-state index in [-0.39, 0.29) is 34.1 Å². The summed E-state index contributed by atoms with van der Waals surface area (Å²) in [4.78, 5) is 35.8. The Bertz CT molecular complexity index is 1780. The molecule has 0 aliphatic carbocycles. The summed E-state index contributed by atoms with van der Waals surface area (Å²) < 4.78 is 39.1. The zero-order valence-corrected chi connectivity index (χ0v) is 26.0. The van der Waals surface area contributed by atoms with Crippen molar-refractivity contribution in [2.24, 2.45) is 7.05 Å². The maximum absolute atomic E-state index is 15.3. The zero-order valence-electron chi connectivity index (χ0n) is 26.0. The Labute approximate surface area is 255 Å². The van der Waals surface area contributed by atoms with Gasteiger partial charge in [0.05, 0.1) is 19.2 Å². The van der Waals surface area contributed by atoms with E-state index < -0.39 is 11.7 Å². The molecule has 1 amide bonds. The average Bonchev–Trinajstić information content (AvgIpc) is 3.00. The number of fused-ring (bicyclic) bond motifs is 1. The zero-order chi connectivity index (χ0) is 32.0. The molecule has 0 bridgehead atoms. The predicted molar refractivity (Wildman–Crippen MR) is 168 cm³/mol. The Morgan fingerprint density at radius 2 is 1.77 bits per heavy atom. The van der Waals surface area contributed by atoms with Crippen molar-refractivity contribution in [1.82, 2.24) is 14.5 Å². The van der Waals surface area contributed by atoms with Gasteiger partial charge in [-0.2, -0.15) is 0 Å². The summed E-state index contributed by atoms with van der Waals surface area (Å²) in [7, 11) is 4.85. The van der Waals surface area contributed by atoms with Crippen molar-refractivity contribution in [3.63, 3.8) is 0 Å². The van der Waals surface area contributed by atoms with Crippen LogP contribution in [-0.4, -0.2) is 47.9 Å². The molecule has 10 nitrogen and oxygen atoms in total. The fourth-order valence-electron chi connectivity index (χ4n) is 4.91. The van der Waals surface area contributed by atoms with Gasteiger partial charge in [-0.05, 0) is 44.4 Å². The van der Waals surface area contributed by atoms with Gasteiger partial charge in [-0.15, -0.1) is 0 Å². The first kappa shape index (κ1) is 32.2. The number of hydrogen-bond acceptors (Lipinski definition) is 8. The van der Waals surface area contributed by atoms with Gasteiger partial charge in [0.2, 0.25) is 5.43 Å². The molecule has 1 aromatic carbocycles. The molecule has 0 saturated carbocycles. The summed E-state index contributed by atoms with van der Waals surface area (Å²) in [6, 6.07) is 7.24. The molecule has 1 N–H and O–H groups in total. The number of methoxy groups -OCH3 is 2. The molecule has 0 atom stereocenters. The van der Waals surface area contributed by atoms with Gasteiger partial charge in [-0.1, -0.05) is 19.9 Å². The van der Waals surface area contributed by atoms with Gasteiger partial charge in [-0.25, -0.2) is 9.37 Å². The maximum atomic E-state index is 15.3. The number of carbonyl (C=O) groups is 1. The van der Waals surface area contributed by atoms with Gasteiger partial charge in [0.1, 0.15) is 17.7 Å². The van der Waals surface area contributed by atoms with Crippen LogP contribution < -0.4 is 25.0 Å². The summed E-state index contributed by atoms with van der Waals surface area (Å²) in [5, 5.41) is 2.68. The lowest BCUT2D eigenvalue weighted by atomic mass is 9.96. The topological polar surface area (TPSA) is 114 Å². The van der Waals surface area contributed by atoms with Crippen LogP contribution in [0.25, 0.3) is 16.6 Å². The predicted octanol–water partition coefficient (Wildman–Crippen LogP) is 6.37. The summed E-state index contributed by atoms with van der Waals surface area (Å²) >= 11 is 0. The fraction of sp³-hybridized carbons (Fsp3) is 0.333. The lowest BCUT2D eigenvalue weighted by molar-refractivity contribution is 0.102. The number of amides is 1. The molecule has 44 heavy (non-hydrogen) atoms. The molecule has 4 aromatic rings. The number of rotatable bonds is 12. The van der Waals surface area contributed by atoms with Crippen molar-refractivity contribution >= 4 is 28.2 Å². The minimum atomic E-state index is -0.729. The third-order valence-corrected chi connectivity index (χ3v) is 7.32. The number of nitrogens with zero attached hydrogens (tertiary/aromatic N) is 3. The van der Waals surface area contributed by atoms with Crippen molar-refractivity contribution in [3.05, 3.63) is 81.2 Å². The molecule has 4 rings (SSSR count). The van der Waals surface area contributed by atoms with E-state index in [0.29, 0.717) is 47.7 Å². The first-order valence-corrected chi connectivity index (χ1v) is 14.3.